The van der Waals surface area contributed by atoms with Crippen LogP contribution in [0.3, 0.4) is 0 Å². The average Bonchev–Trinajstić information content (AvgIpc) is 2.80. The van der Waals surface area contributed by atoms with E-state index in [-0.39, 0.29) is 16.4 Å². The number of hydrogen-bond acceptors (Lipinski definition) is 2. The number of nitrogens with zero attached hydrogens (tertiary/aromatic N) is 1. The van der Waals surface area contributed by atoms with Crippen molar-refractivity contribution in [2.75, 3.05) is 0 Å². The minimum atomic E-state index is -4.80. The number of rotatable bonds is 2. The van der Waals surface area contributed by atoms with Crippen LogP contribution in [0.4, 0.5) is 13.2 Å². The zero-order valence-corrected chi connectivity index (χ0v) is 11.2. The highest BCUT2D eigenvalue weighted by Crippen LogP contribution is 2.38. The zero-order valence-electron chi connectivity index (χ0n) is 10.4. The van der Waals surface area contributed by atoms with Gasteiger partial charge in [0.15, 0.2) is 0 Å². The lowest BCUT2D eigenvalue weighted by atomic mass is 10.2. The van der Waals surface area contributed by atoms with Crippen LogP contribution in [0.5, 0.6) is 5.75 Å². The van der Waals surface area contributed by atoms with E-state index in [2.05, 4.69) is 14.7 Å². The highest BCUT2D eigenvalue weighted by molar-refractivity contribution is 6.33. The zero-order chi connectivity index (χ0) is 15.0. The summed E-state index contributed by atoms with van der Waals surface area (Å²) < 4.78 is 41.5. The standard InChI is InChI=1S/C14H8ClF3N2O/c15-8-4-3-7-11(21-14(16,17)18)12(8)13-19-9-5-1-2-6-10(9)20-13/h1-7H,(H,19,20). The Morgan fingerprint density at radius 3 is 2.52 bits per heavy atom. The number of halogens is 4. The maximum atomic E-state index is 12.5. The third-order valence-electron chi connectivity index (χ3n) is 2.83. The van der Waals surface area contributed by atoms with E-state index in [4.69, 9.17) is 11.6 Å². The maximum Gasteiger partial charge on any atom is 0.573 e. The summed E-state index contributed by atoms with van der Waals surface area (Å²) in [5, 5.41) is 0.121. The number of para-hydroxylation sites is 2. The van der Waals surface area contributed by atoms with Crippen molar-refractivity contribution in [2.45, 2.75) is 6.36 Å². The molecule has 0 aliphatic rings. The molecule has 0 radical (unpaired) electrons. The minimum absolute atomic E-state index is 0.0766. The van der Waals surface area contributed by atoms with E-state index in [0.717, 1.165) is 0 Å². The fourth-order valence-corrected chi connectivity index (χ4v) is 2.27. The predicted octanol–water partition coefficient (Wildman–Crippen LogP) is 4.78. The van der Waals surface area contributed by atoms with Gasteiger partial charge in [0.05, 0.1) is 21.6 Å². The largest absolute Gasteiger partial charge is 0.573 e. The lowest BCUT2D eigenvalue weighted by molar-refractivity contribution is -0.274. The molecule has 7 heteroatoms. The summed E-state index contributed by atoms with van der Waals surface area (Å²) in [5.74, 6) is -0.171. The quantitative estimate of drug-likeness (QED) is 0.739. The van der Waals surface area contributed by atoms with Gasteiger partial charge in [-0.3, -0.25) is 0 Å². The van der Waals surface area contributed by atoms with E-state index < -0.39 is 12.1 Å². The first-order valence-electron chi connectivity index (χ1n) is 5.93. The van der Waals surface area contributed by atoms with Crippen molar-refractivity contribution in [3.63, 3.8) is 0 Å². The molecule has 0 amide bonds. The Kier molecular flexibility index (Phi) is 3.25. The lowest BCUT2D eigenvalue weighted by Crippen LogP contribution is -2.17. The van der Waals surface area contributed by atoms with Crippen LogP contribution < -0.4 is 4.74 Å². The highest BCUT2D eigenvalue weighted by Gasteiger charge is 2.33. The van der Waals surface area contributed by atoms with Crippen LogP contribution in [-0.2, 0) is 0 Å². The smallest absolute Gasteiger partial charge is 0.405 e. The molecule has 0 aliphatic carbocycles. The van der Waals surface area contributed by atoms with Gasteiger partial charge in [0.25, 0.3) is 0 Å². The minimum Gasteiger partial charge on any atom is -0.405 e. The molecule has 0 atom stereocenters. The SMILES string of the molecule is FC(F)(F)Oc1cccc(Cl)c1-c1nc2ccccc2[nH]1. The van der Waals surface area contributed by atoms with Gasteiger partial charge in [-0.25, -0.2) is 4.98 Å². The fraction of sp³-hybridized carbons (Fsp3) is 0.0714. The van der Waals surface area contributed by atoms with E-state index in [0.29, 0.717) is 11.0 Å². The number of nitrogens with one attached hydrogen (secondary N) is 1. The summed E-state index contributed by atoms with van der Waals surface area (Å²) in [7, 11) is 0. The highest BCUT2D eigenvalue weighted by atomic mass is 35.5. The van der Waals surface area contributed by atoms with Gasteiger partial charge in [-0.2, -0.15) is 0 Å². The summed E-state index contributed by atoms with van der Waals surface area (Å²) in [6, 6.07) is 11.2. The number of aromatic nitrogens is 2. The van der Waals surface area contributed by atoms with E-state index in [1.807, 2.05) is 0 Å². The van der Waals surface area contributed by atoms with Gasteiger partial charge in [-0.15, -0.1) is 13.2 Å². The van der Waals surface area contributed by atoms with Gasteiger partial charge in [-0.05, 0) is 24.3 Å². The number of alkyl halides is 3. The van der Waals surface area contributed by atoms with Crippen LogP contribution in [0.15, 0.2) is 42.5 Å². The fourth-order valence-electron chi connectivity index (χ4n) is 2.02. The summed E-state index contributed by atoms with van der Waals surface area (Å²) in [5.41, 5.74) is 1.41. The van der Waals surface area contributed by atoms with Crippen LogP contribution in [0, 0.1) is 0 Å². The number of hydrogen-bond donors (Lipinski definition) is 1. The molecule has 3 nitrogen and oxygen atoms in total. The molecule has 0 spiro atoms. The Balaban J connectivity index is 2.16. The Morgan fingerprint density at radius 1 is 1.05 bits per heavy atom. The third-order valence-corrected chi connectivity index (χ3v) is 3.14. The first-order chi connectivity index (χ1) is 9.94. The molecule has 0 saturated heterocycles. The predicted molar refractivity (Wildman–Crippen MR) is 73.2 cm³/mol. The Hall–Kier alpha value is -2.21. The van der Waals surface area contributed by atoms with Crippen molar-refractivity contribution in [1.29, 1.82) is 0 Å². The van der Waals surface area contributed by atoms with E-state index in [1.54, 1.807) is 24.3 Å². The normalized spacial score (nSPS) is 11.8. The van der Waals surface area contributed by atoms with Crippen molar-refractivity contribution < 1.29 is 17.9 Å². The molecule has 108 valence electrons. The van der Waals surface area contributed by atoms with Gasteiger partial charge in [0, 0.05) is 0 Å². The van der Waals surface area contributed by atoms with Crippen molar-refractivity contribution in [2.24, 2.45) is 0 Å². The Labute approximate surface area is 122 Å². The molecular formula is C14H8ClF3N2O. The van der Waals surface area contributed by atoms with Gasteiger partial charge < -0.3 is 9.72 Å². The van der Waals surface area contributed by atoms with Crippen molar-refractivity contribution in [3.05, 3.63) is 47.5 Å². The van der Waals surface area contributed by atoms with Gasteiger partial charge >= 0.3 is 6.36 Å². The molecule has 1 heterocycles. The second-order valence-electron chi connectivity index (χ2n) is 4.26. The summed E-state index contributed by atoms with van der Waals surface area (Å²) in [6.45, 7) is 0. The van der Waals surface area contributed by atoms with E-state index in [1.165, 1.54) is 18.2 Å². The van der Waals surface area contributed by atoms with Gasteiger partial charge in [0.2, 0.25) is 0 Å². The molecule has 21 heavy (non-hydrogen) atoms. The van der Waals surface area contributed by atoms with Crippen LogP contribution in [0.1, 0.15) is 0 Å². The molecule has 0 fully saturated rings. The molecule has 1 N–H and O–H groups in total. The van der Waals surface area contributed by atoms with Crippen LogP contribution in [0.25, 0.3) is 22.4 Å². The van der Waals surface area contributed by atoms with Gasteiger partial charge in [0.1, 0.15) is 11.6 Å². The molecule has 1 aromatic heterocycles. The van der Waals surface area contributed by atoms with E-state index >= 15 is 0 Å². The number of H-pyrrole nitrogens is 1. The second-order valence-corrected chi connectivity index (χ2v) is 4.67. The average molecular weight is 313 g/mol. The first-order valence-corrected chi connectivity index (χ1v) is 6.31. The van der Waals surface area contributed by atoms with Crippen LogP contribution >= 0.6 is 11.6 Å². The molecule has 0 unspecified atom stereocenters. The molecule has 3 aromatic rings. The summed E-state index contributed by atoms with van der Waals surface area (Å²) >= 11 is 6.01. The van der Waals surface area contributed by atoms with Crippen molar-refractivity contribution in [1.82, 2.24) is 9.97 Å². The lowest BCUT2D eigenvalue weighted by Gasteiger charge is -2.12. The first kappa shape index (κ1) is 13.8. The molecule has 2 aromatic carbocycles. The van der Waals surface area contributed by atoms with Gasteiger partial charge in [-0.1, -0.05) is 29.8 Å². The molecule has 3 rings (SSSR count). The molecular weight excluding hydrogens is 305 g/mol. The third kappa shape index (κ3) is 2.80. The molecule has 0 saturated carbocycles. The van der Waals surface area contributed by atoms with Crippen molar-refractivity contribution >= 4 is 22.6 Å². The number of ether oxygens (including phenoxy) is 1. The van der Waals surface area contributed by atoms with Crippen molar-refractivity contribution in [3.8, 4) is 17.1 Å². The van der Waals surface area contributed by atoms with Crippen LogP contribution in [-0.4, -0.2) is 16.3 Å². The molecule has 0 aliphatic heterocycles. The maximum absolute atomic E-state index is 12.5. The monoisotopic (exact) mass is 312 g/mol. The number of aromatic amines is 1. The van der Waals surface area contributed by atoms with Crippen LogP contribution in [0.2, 0.25) is 5.02 Å². The summed E-state index contributed by atoms with van der Waals surface area (Å²) in [6.07, 6.45) is -4.80. The topological polar surface area (TPSA) is 37.9 Å². The molecule has 0 bridgehead atoms. The number of imidazole rings is 1. The number of fused-ring (bicyclic) bond motifs is 1. The Bertz CT molecular complexity index is 765. The Morgan fingerprint density at radius 2 is 1.81 bits per heavy atom. The number of benzene rings is 2. The van der Waals surface area contributed by atoms with E-state index in [9.17, 15) is 13.2 Å². The summed E-state index contributed by atoms with van der Waals surface area (Å²) in [4.78, 5) is 7.18. The second kappa shape index (κ2) is 4.96.